The molecule has 1 aromatic rings. The second-order valence-corrected chi connectivity index (χ2v) is 9.18. The number of aromatic hydroxyl groups is 1. The second-order valence-electron chi connectivity index (χ2n) is 9.18. The molecule has 0 spiro atoms. The molecule has 2 saturated carbocycles. The summed E-state index contributed by atoms with van der Waals surface area (Å²) in [4.78, 5) is 15.4. The number of rotatable bonds is 5. The number of carbonyl (C=O) groups is 1. The number of carbonyl (C=O) groups excluding carboxylic acids is 1. The number of ketones is 1. The molecule has 0 unspecified atom stereocenters. The van der Waals surface area contributed by atoms with Gasteiger partial charge in [-0.05, 0) is 63.1 Å². The van der Waals surface area contributed by atoms with Crippen molar-refractivity contribution in [2.24, 2.45) is 5.92 Å². The van der Waals surface area contributed by atoms with Crippen LogP contribution in [-0.4, -0.2) is 54.2 Å². The number of ether oxygens (including phenoxy) is 2. The molecule has 1 saturated heterocycles. The fraction of sp³-hybridized carbons (Fsp3) is 0.696. The van der Waals surface area contributed by atoms with E-state index >= 15 is 0 Å². The molecule has 3 fully saturated rings. The summed E-state index contributed by atoms with van der Waals surface area (Å²) in [5, 5.41) is 10.5. The van der Waals surface area contributed by atoms with Crippen LogP contribution in [0.3, 0.4) is 0 Å². The number of fused-ring (bicyclic) bond motifs is 1. The largest absolute Gasteiger partial charge is 0.504 e. The molecule has 3 aliphatic carbocycles. The molecule has 0 amide bonds. The van der Waals surface area contributed by atoms with E-state index in [9.17, 15) is 9.90 Å². The molecule has 28 heavy (non-hydrogen) atoms. The van der Waals surface area contributed by atoms with E-state index in [1.54, 1.807) is 13.2 Å². The third-order valence-electron chi connectivity index (χ3n) is 7.80. The van der Waals surface area contributed by atoms with E-state index in [4.69, 9.17) is 9.47 Å². The Bertz CT molecular complexity index is 804. The summed E-state index contributed by atoms with van der Waals surface area (Å²) in [5.41, 5.74) is 1.47. The number of phenols is 1. The lowest BCUT2D eigenvalue weighted by molar-refractivity contribution is -0.198. The van der Waals surface area contributed by atoms with Crippen molar-refractivity contribution in [3.63, 3.8) is 0 Å². The van der Waals surface area contributed by atoms with Crippen LogP contribution in [0.5, 0.6) is 11.5 Å². The smallest absolute Gasteiger partial charge is 0.164 e. The summed E-state index contributed by atoms with van der Waals surface area (Å²) in [6.45, 7) is 4.84. The SMILES string of the molecule is CCO[C@@]12CCC(=O)C[C@@]13CCN(CC1CC1)[C@@H]2Cc1ccc(O)c(OC)c13. The quantitative estimate of drug-likeness (QED) is 0.843. The van der Waals surface area contributed by atoms with E-state index in [-0.39, 0.29) is 17.4 Å². The minimum Gasteiger partial charge on any atom is -0.504 e. The zero-order chi connectivity index (χ0) is 19.5. The van der Waals surface area contributed by atoms with Gasteiger partial charge in [-0.15, -0.1) is 0 Å². The number of phenolic OH excluding ortho intramolecular Hbond substituents is 1. The average Bonchev–Trinajstić information content (AvgIpc) is 3.49. The molecular formula is C23H31NO4. The van der Waals surface area contributed by atoms with Gasteiger partial charge in [0.15, 0.2) is 11.5 Å². The van der Waals surface area contributed by atoms with Crippen molar-refractivity contribution in [3.8, 4) is 11.5 Å². The van der Waals surface area contributed by atoms with E-state index in [0.717, 1.165) is 43.8 Å². The van der Waals surface area contributed by atoms with E-state index in [1.807, 2.05) is 6.07 Å². The van der Waals surface area contributed by atoms with Gasteiger partial charge in [0.25, 0.3) is 0 Å². The number of nitrogens with zero attached hydrogens (tertiary/aromatic N) is 1. The van der Waals surface area contributed by atoms with E-state index < -0.39 is 5.41 Å². The van der Waals surface area contributed by atoms with E-state index in [2.05, 4.69) is 11.8 Å². The van der Waals surface area contributed by atoms with Crippen molar-refractivity contribution >= 4 is 5.78 Å². The molecule has 5 rings (SSSR count). The topological polar surface area (TPSA) is 59.0 Å². The Morgan fingerprint density at radius 3 is 2.82 bits per heavy atom. The molecule has 4 aliphatic rings. The van der Waals surface area contributed by atoms with Crippen LogP contribution in [0.4, 0.5) is 0 Å². The monoisotopic (exact) mass is 385 g/mol. The predicted octanol–water partition coefficient (Wildman–Crippen LogP) is 3.21. The molecule has 3 atom stereocenters. The number of hydrogen-bond donors (Lipinski definition) is 1. The maximum absolute atomic E-state index is 12.8. The van der Waals surface area contributed by atoms with Crippen LogP contribution in [0.1, 0.15) is 56.6 Å². The van der Waals surface area contributed by atoms with Gasteiger partial charge in [0.05, 0.1) is 12.7 Å². The maximum atomic E-state index is 12.8. The first kappa shape index (κ1) is 18.4. The van der Waals surface area contributed by atoms with Gasteiger partial charge in [-0.3, -0.25) is 9.69 Å². The Labute approximate surface area is 167 Å². The lowest BCUT2D eigenvalue weighted by Gasteiger charge is -2.65. The first-order valence-corrected chi connectivity index (χ1v) is 10.8. The number of benzene rings is 1. The lowest BCUT2D eigenvalue weighted by atomic mass is 9.49. The Morgan fingerprint density at radius 2 is 2.11 bits per heavy atom. The summed E-state index contributed by atoms with van der Waals surface area (Å²) in [6, 6.07) is 4.07. The van der Waals surface area contributed by atoms with Crippen molar-refractivity contribution in [3.05, 3.63) is 23.3 Å². The number of Topliss-reactive ketones (excluding diaryl/α,β-unsaturated/α-hetero) is 1. The average molecular weight is 386 g/mol. The van der Waals surface area contributed by atoms with Gasteiger partial charge in [-0.1, -0.05) is 6.07 Å². The number of likely N-dealkylation sites (tertiary alicyclic amines) is 1. The van der Waals surface area contributed by atoms with Gasteiger partial charge in [0.1, 0.15) is 5.78 Å². The molecule has 0 radical (unpaired) electrons. The van der Waals surface area contributed by atoms with Crippen LogP contribution in [-0.2, 0) is 21.4 Å². The van der Waals surface area contributed by atoms with Crippen LogP contribution in [0, 0.1) is 5.92 Å². The number of hydrogen-bond acceptors (Lipinski definition) is 5. The third-order valence-corrected chi connectivity index (χ3v) is 7.80. The van der Waals surface area contributed by atoms with E-state index in [1.165, 1.54) is 18.4 Å². The molecule has 1 N–H and O–H groups in total. The zero-order valence-electron chi connectivity index (χ0n) is 17.0. The van der Waals surface area contributed by atoms with Crippen molar-refractivity contribution in [1.82, 2.24) is 4.90 Å². The minimum atomic E-state index is -0.402. The molecule has 2 bridgehead atoms. The predicted molar refractivity (Wildman–Crippen MR) is 106 cm³/mol. The number of piperidine rings is 1. The third kappa shape index (κ3) is 2.42. The summed E-state index contributed by atoms with van der Waals surface area (Å²) < 4.78 is 12.4. The molecule has 1 aromatic carbocycles. The van der Waals surface area contributed by atoms with Gasteiger partial charge >= 0.3 is 0 Å². The van der Waals surface area contributed by atoms with Gasteiger partial charge < -0.3 is 14.6 Å². The van der Waals surface area contributed by atoms with Gasteiger partial charge in [-0.25, -0.2) is 0 Å². The van der Waals surface area contributed by atoms with Crippen LogP contribution in [0.15, 0.2) is 12.1 Å². The summed E-state index contributed by atoms with van der Waals surface area (Å²) in [5.74, 6) is 1.85. The first-order valence-electron chi connectivity index (χ1n) is 10.8. The van der Waals surface area contributed by atoms with Gasteiger partial charge in [0.2, 0.25) is 0 Å². The molecule has 1 aliphatic heterocycles. The highest BCUT2D eigenvalue weighted by atomic mass is 16.5. The Kier molecular flexibility index (Phi) is 4.25. The molecule has 0 aromatic heterocycles. The van der Waals surface area contributed by atoms with Gasteiger partial charge in [-0.2, -0.15) is 0 Å². The summed E-state index contributed by atoms with van der Waals surface area (Å²) >= 11 is 0. The van der Waals surface area contributed by atoms with Crippen LogP contribution in [0.25, 0.3) is 0 Å². The van der Waals surface area contributed by atoms with Crippen LogP contribution >= 0.6 is 0 Å². The zero-order valence-corrected chi connectivity index (χ0v) is 17.0. The highest BCUT2D eigenvalue weighted by molar-refractivity contribution is 5.83. The number of methoxy groups -OCH3 is 1. The Morgan fingerprint density at radius 1 is 1.29 bits per heavy atom. The fourth-order valence-corrected chi connectivity index (χ4v) is 6.57. The molecule has 1 heterocycles. The summed E-state index contributed by atoms with van der Waals surface area (Å²) in [7, 11) is 1.62. The van der Waals surface area contributed by atoms with Crippen molar-refractivity contribution < 1.29 is 19.4 Å². The molecular weight excluding hydrogens is 354 g/mol. The van der Waals surface area contributed by atoms with Crippen molar-refractivity contribution in [1.29, 1.82) is 0 Å². The lowest BCUT2D eigenvalue weighted by Crippen LogP contribution is -2.74. The molecule has 5 nitrogen and oxygen atoms in total. The maximum Gasteiger partial charge on any atom is 0.164 e. The van der Waals surface area contributed by atoms with Crippen LogP contribution < -0.4 is 4.74 Å². The standard InChI is InChI=1S/C23H31NO4/c1-3-28-23-9-8-17(25)13-22(23)10-11-24(14-15-4-5-15)19(23)12-16-6-7-18(26)21(27-2)20(16)22/h6-7,15,19,26H,3-5,8-14H2,1-2H3/t19-,22-,23-/m1/s1. The van der Waals surface area contributed by atoms with Gasteiger partial charge in [0, 0.05) is 43.0 Å². The Balaban J connectivity index is 1.72. The molecule has 152 valence electrons. The molecule has 5 heteroatoms. The summed E-state index contributed by atoms with van der Waals surface area (Å²) in [6.07, 6.45) is 6.31. The second kappa shape index (κ2) is 6.46. The Hall–Kier alpha value is -1.59. The van der Waals surface area contributed by atoms with Crippen molar-refractivity contribution in [2.75, 3.05) is 26.8 Å². The minimum absolute atomic E-state index is 0.165. The van der Waals surface area contributed by atoms with Crippen LogP contribution in [0.2, 0.25) is 0 Å². The normalized spacial score (nSPS) is 34.6. The highest BCUT2D eigenvalue weighted by Gasteiger charge is 2.67. The first-order chi connectivity index (χ1) is 13.5. The fourth-order valence-electron chi connectivity index (χ4n) is 6.57. The van der Waals surface area contributed by atoms with E-state index in [0.29, 0.717) is 31.0 Å². The van der Waals surface area contributed by atoms with Crippen molar-refractivity contribution in [2.45, 2.75) is 68.9 Å². The highest BCUT2D eigenvalue weighted by Crippen LogP contribution is 2.62.